The first-order valence-electron chi connectivity index (χ1n) is 5.95. The van der Waals surface area contributed by atoms with E-state index < -0.39 is 0 Å². The number of ether oxygens (including phenoxy) is 1. The minimum Gasteiger partial charge on any atom is -0.465 e. The summed E-state index contributed by atoms with van der Waals surface area (Å²) in [6.07, 6.45) is 2.28. The Labute approximate surface area is 126 Å². The van der Waals surface area contributed by atoms with Crippen molar-refractivity contribution >= 4 is 36.5 Å². The van der Waals surface area contributed by atoms with Crippen molar-refractivity contribution in [2.45, 2.75) is 18.9 Å². The van der Waals surface area contributed by atoms with Crippen molar-refractivity contribution in [3.05, 3.63) is 29.8 Å². The third-order valence-electron chi connectivity index (χ3n) is 3.02. The summed E-state index contributed by atoms with van der Waals surface area (Å²) in [7, 11) is 1.39. The Morgan fingerprint density at radius 1 is 1.21 bits per heavy atom. The highest BCUT2D eigenvalue weighted by molar-refractivity contribution is 5.89. The number of esters is 1. The average molecular weight is 307 g/mol. The second kappa shape index (κ2) is 9.02. The fourth-order valence-electron chi connectivity index (χ4n) is 2.02. The lowest BCUT2D eigenvalue weighted by molar-refractivity contribution is 0.0601. The summed E-state index contributed by atoms with van der Waals surface area (Å²) in [5.74, 6) is -0.293. The fourth-order valence-corrected chi connectivity index (χ4v) is 2.02. The third kappa shape index (κ3) is 5.27. The van der Waals surface area contributed by atoms with Gasteiger partial charge in [0, 0.05) is 11.7 Å². The van der Waals surface area contributed by atoms with Crippen LogP contribution in [0, 0.1) is 0 Å². The lowest BCUT2D eigenvalue weighted by Crippen LogP contribution is -2.35. The Bertz CT molecular complexity index is 379. The van der Waals surface area contributed by atoms with Gasteiger partial charge in [-0.2, -0.15) is 0 Å². The molecule has 0 saturated carbocycles. The summed E-state index contributed by atoms with van der Waals surface area (Å²) in [6, 6.07) is 7.95. The molecule has 0 radical (unpaired) electrons. The molecular formula is C13H20Cl2N2O2. The highest BCUT2D eigenvalue weighted by Crippen LogP contribution is 2.14. The van der Waals surface area contributed by atoms with Crippen LogP contribution in [0.5, 0.6) is 0 Å². The van der Waals surface area contributed by atoms with Gasteiger partial charge in [-0.15, -0.1) is 24.8 Å². The number of carbonyl (C=O) groups excluding carboxylic acids is 1. The molecular weight excluding hydrogens is 287 g/mol. The molecule has 0 atom stereocenters. The number of nitrogens with one attached hydrogen (secondary N) is 2. The maximum Gasteiger partial charge on any atom is 0.337 e. The Balaban J connectivity index is 0.00000162. The van der Waals surface area contributed by atoms with E-state index in [1.54, 1.807) is 12.1 Å². The minimum absolute atomic E-state index is 0. The van der Waals surface area contributed by atoms with E-state index in [9.17, 15) is 4.79 Å². The molecule has 2 N–H and O–H groups in total. The van der Waals surface area contributed by atoms with E-state index >= 15 is 0 Å². The summed E-state index contributed by atoms with van der Waals surface area (Å²) < 4.78 is 4.66. The molecule has 0 bridgehead atoms. The number of methoxy groups -OCH3 is 1. The topological polar surface area (TPSA) is 50.4 Å². The first-order chi connectivity index (χ1) is 8.29. The number of rotatable bonds is 3. The van der Waals surface area contributed by atoms with Gasteiger partial charge in [0.25, 0.3) is 0 Å². The van der Waals surface area contributed by atoms with Crippen molar-refractivity contribution in [2.75, 3.05) is 25.5 Å². The Hall–Kier alpha value is -0.970. The van der Waals surface area contributed by atoms with Crippen molar-refractivity contribution in [1.29, 1.82) is 0 Å². The fraction of sp³-hybridized carbons (Fsp3) is 0.462. The molecule has 0 amide bonds. The van der Waals surface area contributed by atoms with E-state index in [0.717, 1.165) is 31.6 Å². The minimum atomic E-state index is -0.293. The van der Waals surface area contributed by atoms with Crippen LogP contribution >= 0.6 is 24.8 Å². The first kappa shape index (κ1) is 18.0. The van der Waals surface area contributed by atoms with Gasteiger partial charge in [0.15, 0.2) is 0 Å². The molecule has 1 aromatic rings. The van der Waals surface area contributed by atoms with Crippen LogP contribution in [0.1, 0.15) is 23.2 Å². The molecule has 1 aliphatic rings. The number of hydrogen-bond acceptors (Lipinski definition) is 4. The number of halogens is 2. The Kier molecular flexibility index (Phi) is 8.56. The zero-order chi connectivity index (χ0) is 12.1. The molecule has 1 fully saturated rings. The predicted molar refractivity (Wildman–Crippen MR) is 81.8 cm³/mol. The molecule has 4 nitrogen and oxygen atoms in total. The average Bonchev–Trinajstić information content (AvgIpc) is 2.40. The normalized spacial score (nSPS) is 14.8. The van der Waals surface area contributed by atoms with Gasteiger partial charge in [-0.3, -0.25) is 0 Å². The number of anilines is 1. The van der Waals surface area contributed by atoms with Gasteiger partial charge in [0.1, 0.15) is 0 Å². The third-order valence-corrected chi connectivity index (χ3v) is 3.02. The van der Waals surface area contributed by atoms with Gasteiger partial charge in [-0.05, 0) is 50.2 Å². The summed E-state index contributed by atoms with van der Waals surface area (Å²) in [5, 5.41) is 6.80. The number of benzene rings is 1. The standard InChI is InChI=1S/C13H18N2O2.2ClH/c1-17-13(16)10-2-4-11(5-3-10)15-12-6-8-14-9-7-12;;/h2-5,12,14-15H,6-9H2,1H3;2*1H. The summed E-state index contributed by atoms with van der Waals surface area (Å²) >= 11 is 0. The number of hydrogen-bond donors (Lipinski definition) is 2. The van der Waals surface area contributed by atoms with E-state index in [1.807, 2.05) is 12.1 Å². The number of piperidine rings is 1. The summed E-state index contributed by atoms with van der Waals surface area (Å²) in [4.78, 5) is 11.3. The second-order valence-corrected chi connectivity index (χ2v) is 4.24. The van der Waals surface area contributed by atoms with Gasteiger partial charge >= 0.3 is 5.97 Å². The molecule has 1 aromatic carbocycles. The zero-order valence-corrected chi connectivity index (χ0v) is 12.5. The smallest absolute Gasteiger partial charge is 0.337 e. The van der Waals surface area contributed by atoms with E-state index in [2.05, 4.69) is 15.4 Å². The Morgan fingerprint density at radius 2 is 1.79 bits per heavy atom. The molecule has 1 aliphatic heterocycles. The first-order valence-corrected chi connectivity index (χ1v) is 5.95. The summed E-state index contributed by atoms with van der Waals surface area (Å²) in [5.41, 5.74) is 1.65. The van der Waals surface area contributed by atoms with Crippen LogP contribution in [-0.4, -0.2) is 32.2 Å². The molecule has 1 heterocycles. The lowest BCUT2D eigenvalue weighted by atomic mass is 10.1. The molecule has 0 aliphatic carbocycles. The van der Waals surface area contributed by atoms with E-state index in [-0.39, 0.29) is 30.8 Å². The maximum atomic E-state index is 11.3. The highest BCUT2D eigenvalue weighted by atomic mass is 35.5. The maximum absolute atomic E-state index is 11.3. The van der Waals surface area contributed by atoms with Crippen molar-refractivity contribution < 1.29 is 9.53 Å². The molecule has 6 heteroatoms. The van der Waals surface area contributed by atoms with Crippen molar-refractivity contribution in [1.82, 2.24) is 5.32 Å². The lowest BCUT2D eigenvalue weighted by Gasteiger charge is -2.24. The molecule has 1 saturated heterocycles. The van der Waals surface area contributed by atoms with E-state index in [1.165, 1.54) is 7.11 Å². The van der Waals surface area contributed by atoms with Gasteiger partial charge in [-0.25, -0.2) is 4.79 Å². The largest absolute Gasteiger partial charge is 0.465 e. The summed E-state index contributed by atoms with van der Waals surface area (Å²) in [6.45, 7) is 2.13. The number of carbonyl (C=O) groups is 1. The second-order valence-electron chi connectivity index (χ2n) is 4.24. The van der Waals surface area contributed by atoms with E-state index in [4.69, 9.17) is 0 Å². The molecule has 19 heavy (non-hydrogen) atoms. The molecule has 0 spiro atoms. The van der Waals surface area contributed by atoms with Crippen molar-refractivity contribution in [2.24, 2.45) is 0 Å². The van der Waals surface area contributed by atoms with Gasteiger partial charge in [-0.1, -0.05) is 0 Å². The van der Waals surface area contributed by atoms with Crippen molar-refractivity contribution in [3.63, 3.8) is 0 Å². The van der Waals surface area contributed by atoms with Crippen LogP contribution in [0.2, 0.25) is 0 Å². The predicted octanol–water partition coefficient (Wildman–Crippen LogP) is 2.48. The van der Waals surface area contributed by atoms with Crippen LogP contribution in [-0.2, 0) is 4.74 Å². The Morgan fingerprint density at radius 3 is 2.32 bits per heavy atom. The zero-order valence-electron chi connectivity index (χ0n) is 10.8. The van der Waals surface area contributed by atoms with Crippen molar-refractivity contribution in [3.8, 4) is 0 Å². The van der Waals surface area contributed by atoms with E-state index in [0.29, 0.717) is 11.6 Å². The van der Waals surface area contributed by atoms with Crippen LogP contribution in [0.3, 0.4) is 0 Å². The van der Waals surface area contributed by atoms with Crippen LogP contribution in [0.15, 0.2) is 24.3 Å². The van der Waals surface area contributed by atoms with Gasteiger partial charge < -0.3 is 15.4 Å². The van der Waals surface area contributed by atoms with Crippen LogP contribution in [0.25, 0.3) is 0 Å². The molecule has 0 aromatic heterocycles. The SMILES string of the molecule is COC(=O)c1ccc(NC2CCNCC2)cc1.Cl.Cl. The van der Waals surface area contributed by atoms with Crippen LogP contribution < -0.4 is 10.6 Å². The quantitative estimate of drug-likeness (QED) is 0.842. The van der Waals surface area contributed by atoms with Crippen LogP contribution in [0.4, 0.5) is 5.69 Å². The molecule has 0 unspecified atom stereocenters. The van der Waals surface area contributed by atoms with Gasteiger partial charge in [0.2, 0.25) is 0 Å². The highest BCUT2D eigenvalue weighted by Gasteiger charge is 2.12. The molecule has 2 rings (SSSR count). The molecule has 108 valence electrons. The monoisotopic (exact) mass is 306 g/mol. The van der Waals surface area contributed by atoms with Gasteiger partial charge in [0.05, 0.1) is 12.7 Å².